The third kappa shape index (κ3) is 3.19. The number of aromatic nitrogens is 2. The van der Waals surface area contributed by atoms with Gasteiger partial charge in [0, 0.05) is 21.2 Å². The summed E-state index contributed by atoms with van der Waals surface area (Å²) in [4.78, 5) is 8.69. The second-order valence-electron chi connectivity index (χ2n) is 4.44. The molecule has 0 N–H and O–H groups in total. The van der Waals surface area contributed by atoms with Crippen LogP contribution in [0.2, 0.25) is 0 Å². The van der Waals surface area contributed by atoms with E-state index in [4.69, 9.17) is 4.74 Å². The molecule has 0 spiro atoms. The number of benzene rings is 2. The monoisotopic (exact) mass is 360 g/mol. The molecule has 5 heteroatoms. The van der Waals surface area contributed by atoms with Crippen LogP contribution in [-0.4, -0.2) is 17.1 Å². The van der Waals surface area contributed by atoms with Gasteiger partial charge in [-0.2, -0.15) is 0 Å². The lowest BCUT2D eigenvalue weighted by Crippen LogP contribution is -1.92. The van der Waals surface area contributed by atoms with Crippen molar-refractivity contribution in [1.29, 1.82) is 0 Å². The highest BCUT2D eigenvalue weighted by molar-refractivity contribution is 9.10. The summed E-state index contributed by atoms with van der Waals surface area (Å²) in [6, 6.07) is 14.1. The van der Waals surface area contributed by atoms with Crippen molar-refractivity contribution in [3.05, 3.63) is 58.8 Å². The molecule has 1 aromatic heterocycles. The first-order valence-electron chi connectivity index (χ1n) is 6.43. The normalized spacial score (nSPS) is 10.8. The maximum absolute atomic E-state index is 5.41. The zero-order valence-electron chi connectivity index (χ0n) is 11.4. The van der Waals surface area contributed by atoms with Crippen molar-refractivity contribution in [3.63, 3.8) is 0 Å². The standard InChI is InChI=1S/C16H13BrN2OS/c1-20-15-7-6-12(17)8-11(15)9-21-16-13-4-2-3-5-14(13)18-10-19-16/h2-8,10H,9H2,1H3. The number of nitrogens with zero attached hydrogens (tertiary/aromatic N) is 2. The average Bonchev–Trinajstić information content (AvgIpc) is 2.53. The predicted octanol–water partition coefficient (Wildman–Crippen LogP) is 4.69. The third-order valence-corrected chi connectivity index (χ3v) is 4.66. The van der Waals surface area contributed by atoms with E-state index in [0.29, 0.717) is 0 Å². The fraction of sp³-hybridized carbons (Fsp3) is 0.125. The lowest BCUT2D eigenvalue weighted by atomic mass is 10.2. The molecule has 3 rings (SSSR count). The van der Waals surface area contributed by atoms with E-state index in [9.17, 15) is 0 Å². The van der Waals surface area contributed by atoms with Gasteiger partial charge in [0.2, 0.25) is 0 Å². The highest BCUT2D eigenvalue weighted by Gasteiger charge is 2.08. The van der Waals surface area contributed by atoms with Crippen LogP contribution in [0.1, 0.15) is 5.56 Å². The first-order chi connectivity index (χ1) is 10.3. The van der Waals surface area contributed by atoms with Gasteiger partial charge in [0.1, 0.15) is 17.1 Å². The van der Waals surface area contributed by atoms with Crippen molar-refractivity contribution in [1.82, 2.24) is 9.97 Å². The van der Waals surface area contributed by atoms with Gasteiger partial charge < -0.3 is 4.74 Å². The summed E-state index contributed by atoms with van der Waals surface area (Å²) in [5.74, 6) is 1.69. The molecule has 0 atom stereocenters. The van der Waals surface area contributed by atoms with Gasteiger partial charge in [-0.3, -0.25) is 0 Å². The summed E-state index contributed by atoms with van der Waals surface area (Å²) in [7, 11) is 1.69. The number of ether oxygens (including phenoxy) is 1. The van der Waals surface area contributed by atoms with E-state index < -0.39 is 0 Å². The average molecular weight is 361 g/mol. The van der Waals surface area contributed by atoms with Crippen molar-refractivity contribution in [3.8, 4) is 5.75 Å². The maximum atomic E-state index is 5.41. The summed E-state index contributed by atoms with van der Waals surface area (Å²) >= 11 is 5.19. The molecule has 0 saturated heterocycles. The van der Waals surface area contributed by atoms with Crippen molar-refractivity contribution in [2.24, 2.45) is 0 Å². The van der Waals surface area contributed by atoms with Crippen molar-refractivity contribution in [2.45, 2.75) is 10.8 Å². The molecule has 0 aliphatic carbocycles. The van der Waals surface area contributed by atoms with Crippen LogP contribution in [0.25, 0.3) is 10.9 Å². The van der Waals surface area contributed by atoms with E-state index in [1.165, 1.54) is 0 Å². The summed E-state index contributed by atoms with van der Waals surface area (Å²) in [6.45, 7) is 0. The highest BCUT2D eigenvalue weighted by Crippen LogP contribution is 2.31. The maximum Gasteiger partial charge on any atom is 0.122 e. The van der Waals surface area contributed by atoms with Crippen LogP contribution in [0.3, 0.4) is 0 Å². The van der Waals surface area contributed by atoms with Gasteiger partial charge >= 0.3 is 0 Å². The first-order valence-corrected chi connectivity index (χ1v) is 8.21. The molecule has 0 saturated carbocycles. The van der Waals surface area contributed by atoms with Crippen LogP contribution >= 0.6 is 27.7 Å². The number of methoxy groups -OCH3 is 1. The minimum absolute atomic E-state index is 0.795. The number of fused-ring (bicyclic) bond motifs is 1. The van der Waals surface area contributed by atoms with E-state index in [-0.39, 0.29) is 0 Å². The van der Waals surface area contributed by atoms with E-state index >= 15 is 0 Å². The van der Waals surface area contributed by atoms with Gasteiger partial charge in [-0.15, -0.1) is 11.8 Å². The Morgan fingerprint density at radius 3 is 2.86 bits per heavy atom. The molecule has 2 aromatic carbocycles. The smallest absolute Gasteiger partial charge is 0.122 e. The van der Waals surface area contributed by atoms with Crippen molar-refractivity contribution in [2.75, 3.05) is 7.11 Å². The minimum atomic E-state index is 0.795. The molecule has 0 radical (unpaired) electrons. The SMILES string of the molecule is COc1ccc(Br)cc1CSc1ncnc2ccccc12. The van der Waals surface area contributed by atoms with Gasteiger partial charge in [-0.25, -0.2) is 9.97 Å². The topological polar surface area (TPSA) is 35.0 Å². The molecule has 0 amide bonds. The molecule has 0 fully saturated rings. The van der Waals surface area contributed by atoms with Crippen LogP contribution < -0.4 is 4.74 Å². The first kappa shape index (κ1) is 14.4. The van der Waals surface area contributed by atoms with Crippen LogP contribution in [-0.2, 0) is 5.75 Å². The lowest BCUT2D eigenvalue weighted by molar-refractivity contribution is 0.411. The zero-order chi connectivity index (χ0) is 14.7. The Balaban J connectivity index is 1.89. The molecule has 3 aromatic rings. The van der Waals surface area contributed by atoms with E-state index in [0.717, 1.165) is 37.5 Å². The van der Waals surface area contributed by atoms with Crippen molar-refractivity contribution >= 4 is 38.6 Å². The molecule has 0 unspecified atom stereocenters. The lowest BCUT2D eigenvalue weighted by Gasteiger charge is -2.09. The summed E-state index contributed by atoms with van der Waals surface area (Å²) in [5.41, 5.74) is 2.11. The van der Waals surface area contributed by atoms with Crippen LogP contribution in [0.4, 0.5) is 0 Å². The Kier molecular flexibility index (Phi) is 4.41. The largest absolute Gasteiger partial charge is 0.496 e. The Morgan fingerprint density at radius 1 is 1.14 bits per heavy atom. The second kappa shape index (κ2) is 6.45. The molecular formula is C16H13BrN2OS. The Labute approximate surface area is 135 Å². The van der Waals surface area contributed by atoms with Gasteiger partial charge in [0.15, 0.2) is 0 Å². The highest BCUT2D eigenvalue weighted by atomic mass is 79.9. The fourth-order valence-electron chi connectivity index (χ4n) is 2.10. The van der Waals surface area contributed by atoms with E-state index in [1.54, 1.807) is 25.2 Å². The third-order valence-electron chi connectivity index (χ3n) is 3.11. The number of rotatable bonds is 4. The molecule has 3 nitrogen and oxygen atoms in total. The Morgan fingerprint density at radius 2 is 2.00 bits per heavy atom. The molecule has 106 valence electrons. The zero-order valence-corrected chi connectivity index (χ0v) is 13.8. The fourth-order valence-corrected chi connectivity index (χ4v) is 3.48. The number of hydrogen-bond donors (Lipinski definition) is 0. The van der Waals surface area contributed by atoms with E-state index in [2.05, 4.69) is 38.0 Å². The molecule has 0 bridgehead atoms. The van der Waals surface area contributed by atoms with Crippen LogP contribution in [0, 0.1) is 0 Å². The number of hydrogen-bond acceptors (Lipinski definition) is 4. The molecule has 1 heterocycles. The number of para-hydroxylation sites is 1. The summed E-state index contributed by atoms with van der Waals surface area (Å²) < 4.78 is 6.46. The molecule has 0 aliphatic rings. The van der Waals surface area contributed by atoms with Crippen molar-refractivity contribution < 1.29 is 4.74 Å². The summed E-state index contributed by atoms with van der Waals surface area (Å²) in [5, 5.41) is 2.07. The van der Waals surface area contributed by atoms with Gasteiger partial charge in [0.25, 0.3) is 0 Å². The number of thioether (sulfide) groups is 1. The van der Waals surface area contributed by atoms with Gasteiger partial charge in [-0.05, 0) is 24.3 Å². The summed E-state index contributed by atoms with van der Waals surface area (Å²) in [6.07, 6.45) is 1.61. The van der Waals surface area contributed by atoms with Crippen LogP contribution in [0.5, 0.6) is 5.75 Å². The Hall–Kier alpha value is -1.59. The Bertz CT molecular complexity index is 774. The van der Waals surface area contributed by atoms with Gasteiger partial charge in [0.05, 0.1) is 12.6 Å². The molecule has 0 aliphatic heterocycles. The molecular weight excluding hydrogens is 348 g/mol. The quantitative estimate of drug-likeness (QED) is 0.499. The van der Waals surface area contributed by atoms with Gasteiger partial charge in [-0.1, -0.05) is 34.1 Å². The second-order valence-corrected chi connectivity index (χ2v) is 6.32. The predicted molar refractivity (Wildman–Crippen MR) is 89.8 cm³/mol. The molecule has 21 heavy (non-hydrogen) atoms. The number of halogens is 1. The van der Waals surface area contributed by atoms with Crippen LogP contribution in [0.15, 0.2) is 58.3 Å². The van der Waals surface area contributed by atoms with E-state index in [1.807, 2.05) is 30.3 Å². The minimum Gasteiger partial charge on any atom is -0.496 e.